The van der Waals surface area contributed by atoms with E-state index in [1.54, 1.807) is 12.1 Å². The number of imide groups is 1. The molecule has 1 aromatic rings. The van der Waals surface area contributed by atoms with Crippen LogP contribution in [0.15, 0.2) is 36.7 Å². The summed E-state index contributed by atoms with van der Waals surface area (Å²) in [5, 5.41) is 10.5. The van der Waals surface area contributed by atoms with Crippen molar-refractivity contribution in [1.82, 2.24) is 4.90 Å². The zero-order valence-corrected chi connectivity index (χ0v) is 8.04. The van der Waals surface area contributed by atoms with Gasteiger partial charge in [-0.2, -0.15) is 0 Å². The molecule has 0 aromatic heterocycles. The number of amides is 2. The highest BCUT2D eigenvalue weighted by molar-refractivity contribution is 6.22. The third-order valence-electron chi connectivity index (χ3n) is 2.26. The molecule has 0 spiro atoms. The molecule has 1 aliphatic heterocycles. The Morgan fingerprint density at radius 3 is 2.00 bits per heavy atom. The Kier molecular flexibility index (Phi) is 2.05. The van der Waals surface area contributed by atoms with Crippen LogP contribution in [-0.4, -0.2) is 21.6 Å². The van der Waals surface area contributed by atoms with Crippen molar-refractivity contribution >= 4 is 11.8 Å². The number of fused-ring (bicyclic) bond motifs is 1. The Hall–Kier alpha value is -2.50. The maximum atomic E-state index is 11.7. The van der Waals surface area contributed by atoms with Gasteiger partial charge in [-0.3, -0.25) is 0 Å². The van der Waals surface area contributed by atoms with E-state index in [1.165, 1.54) is 12.1 Å². The Labute approximate surface area is 89.9 Å². The summed E-state index contributed by atoms with van der Waals surface area (Å²) in [7, 11) is 0. The fourth-order valence-electron chi connectivity index (χ4n) is 1.51. The van der Waals surface area contributed by atoms with Gasteiger partial charge in [-0.15, -0.1) is 4.90 Å². The van der Waals surface area contributed by atoms with E-state index in [2.05, 4.69) is 6.58 Å². The van der Waals surface area contributed by atoms with Crippen molar-refractivity contribution in [3.8, 4) is 0 Å². The van der Waals surface area contributed by atoms with E-state index in [0.29, 0.717) is 4.90 Å². The number of rotatable bonds is 2. The average molecular weight is 218 g/mol. The van der Waals surface area contributed by atoms with Gasteiger partial charge < -0.3 is 10.1 Å². The monoisotopic (exact) mass is 218 g/mol. The first-order chi connectivity index (χ1) is 7.54. The predicted octanol–water partition coefficient (Wildman–Crippen LogP) is 1.03. The number of hydrogen-bond acceptors (Lipinski definition) is 4. The number of nitro groups is 1. The summed E-state index contributed by atoms with van der Waals surface area (Å²) in [6, 6.07) is 6.07. The predicted molar refractivity (Wildman–Crippen MR) is 53.1 cm³/mol. The average Bonchev–Trinajstić information content (AvgIpc) is 2.52. The molecule has 0 fully saturated rings. The Balaban J connectivity index is 2.51. The van der Waals surface area contributed by atoms with E-state index in [9.17, 15) is 19.7 Å². The lowest BCUT2D eigenvalue weighted by Crippen LogP contribution is -2.31. The standard InChI is InChI=1S/C10H6N2O4/c1-6(12(15)16)11-9(13)7-4-2-3-5-8(7)10(11)14/h2-5H,1H2. The van der Waals surface area contributed by atoms with Gasteiger partial charge in [-0.25, -0.2) is 9.59 Å². The zero-order valence-electron chi connectivity index (χ0n) is 8.04. The SMILES string of the molecule is C=C(N1C(=O)c2ccccc2C1=O)[N+](=O)[O-]. The maximum absolute atomic E-state index is 11.7. The van der Waals surface area contributed by atoms with Gasteiger partial charge in [0.25, 0.3) is 0 Å². The van der Waals surface area contributed by atoms with Crippen LogP contribution in [0.5, 0.6) is 0 Å². The summed E-state index contributed by atoms with van der Waals surface area (Å²) >= 11 is 0. The second kappa shape index (κ2) is 3.27. The van der Waals surface area contributed by atoms with E-state index >= 15 is 0 Å². The van der Waals surface area contributed by atoms with Gasteiger partial charge in [0.15, 0.2) is 0 Å². The smallest absolute Gasteiger partial charge is 0.350 e. The second-order valence-corrected chi connectivity index (χ2v) is 3.16. The third kappa shape index (κ3) is 1.20. The quantitative estimate of drug-likeness (QED) is 0.421. The van der Waals surface area contributed by atoms with Crippen LogP contribution in [0.4, 0.5) is 0 Å². The molecule has 0 N–H and O–H groups in total. The number of carbonyl (C=O) groups excluding carboxylic acids is 2. The minimum absolute atomic E-state index is 0.163. The number of nitrogens with zero attached hydrogens (tertiary/aromatic N) is 2. The van der Waals surface area contributed by atoms with Crippen molar-refractivity contribution < 1.29 is 14.5 Å². The lowest BCUT2D eigenvalue weighted by atomic mass is 10.1. The number of benzene rings is 1. The molecule has 2 amide bonds. The largest absolute Gasteiger partial charge is 0.358 e. The van der Waals surface area contributed by atoms with Crippen LogP contribution >= 0.6 is 0 Å². The molecule has 0 radical (unpaired) electrons. The molecule has 1 aromatic carbocycles. The zero-order chi connectivity index (χ0) is 11.9. The summed E-state index contributed by atoms with van der Waals surface area (Å²) in [5.41, 5.74) is 0.325. The minimum Gasteiger partial charge on any atom is -0.358 e. The van der Waals surface area contributed by atoms with Crippen LogP contribution in [0, 0.1) is 10.1 Å². The highest BCUT2D eigenvalue weighted by atomic mass is 16.6. The Morgan fingerprint density at radius 2 is 1.62 bits per heavy atom. The van der Waals surface area contributed by atoms with E-state index < -0.39 is 22.6 Å². The van der Waals surface area contributed by atoms with Crippen molar-refractivity contribution in [1.29, 1.82) is 0 Å². The first-order valence-electron chi connectivity index (χ1n) is 4.35. The summed E-state index contributed by atoms with van der Waals surface area (Å²) < 4.78 is 0. The van der Waals surface area contributed by atoms with Crippen LogP contribution in [-0.2, 0) is 0 Å². The van der Waals surface area contributed by atoms with Crippen molar-refractivity contribution in [3.05, 3.63) is 57.9 Å². The molecular formula is C10H6N2O4. The van der Waals surface area contributed by atoms with Crippen molar-refractivity contribution in [2.45, 2.75) is 0 Å². The van der Waals surface area contributed by atoms with E-state index in [4.69, 9.17) is 0 Å². The van der Waals surface area contributed by atoms with Gasteiger partial charge in [-0.05, 0) is 23.6 Å². The fraction of sp³-hybridized carbons (Fsp3) is 0. The lowest BCUT2D eigenvalue weighted by molar-refractivity contribution is -0.438. The molecule has 6 heteroatoms. The van der Waals surface area contributed by atoms with E-state index in [-0.39, 0.29) is 11.1 Å². The number of hydrogen-bond donors (Lipinski definition) is 0. The van der Waals surface area contributed by atoms with Gasteiger partial charge in [0.1, 0.15) is 0 Å². The second-order valence-electron chi connectivity index (χ2n) is 3.16. The normalized spacial score (nSPS) is 13.9. The first-order valence-corrected chi connectivity index (χ1v) is 4.35. The summed E-state index contributed by atoms with van der Waals surface area (Å²) in [6.07, 6.45) is 0. The summed E-state index contributed by atoms with van der Waals surface area (Å²) in [4.78, 5) is 33.5. The highest BCUT2D eigenvalue weighted by Gasteiger charge is 2.45. The summed E-state index contributed by atoms with van der Waals surface area (Å²) in [6.45, 7) is 3.11. The van der Waals surface area contributed by atoms with Gasteiger partial charge in [0, 0.05) is 0 Å². The molecular weight excluding hydrogens is 212 g/mol. The van der Waals surface area contributed by atoms with Crippen molar-refractivity contribution in [2.75, 3.05) is 0 Å². The molecule has 16 heavy (non-hydrogen) atoms. The van der Waals surface area contributed by atoms with Crippen molar-refractivity contribution in [3.63, 3.8) is 0 Å². The molecule has 0 aliphatic carbocycles. The van der Waals surface area contributed by atoms with Crippen LogP contribution in [0.25, 0.3) is 0 Å². The molecule has 80 valence electrons. The summed E-state index contributed by atoms with van der Waals surface area (Å²) in [5.74, 6) is -2.14. The van der Waals surface area contributed by atoms with Gasteiger partial charge in [-0.1, -0.05) is 12.1 Å². The van der Waals surface area contributed by atoms with Crippen LogP contribution in [0.3, 0.4) is 0 Å². The molecule has 0 unspecified atom stereocenters. The van der Waals surface area contributed by atoms with Crippen molar-refractivity contribution in [2.24, 2.45) is 0 Å². The Morgan fingerprint density at radius 1 is 1.19 bits per heavy atom. The highest BCUT2D eigenvalue weighted by Crippen LogP contribution is 2.25. The van der Waals surface area contributed by atoms with Crippen LogP contribution < -0.4 is 0 Å². The first kappa shape index (κ1) is 10.0. The third-order valence-corrected chi connectivity index (χ3v) is 2.26. The molecule has 0 bridgehead atoms. The van der Waals surface area contributed by atoms with Gasteiger partial charge in [0.05, 0.1) is 11.1 Å². The molecule has 0 saturated carbocycles. The van der Waals surface area contributed by atoms with Gasteiger partial charge >= 0.3 is 17.6 Å². The molecule has 2 rings (SSSR count). The van der Waals surface area contributed by atoms with Crippen LogP contribution in [0.2, 0.25) is 0 Å². The van der Waals surface area contributed by atoms with E-state index in [0.717, 1.165) is 0 Å². The fourth-order valence-corrected chi connectivity index (χ4v) is 1.51. The van der Waals surface area contributed by atoms with Crippen LogP contribution in [0.1, 0.15) is 20.7 Å². The topological polar surface area (TPSA) is 80.5 Å². The molecule has 0 atom stereocenters. The lowest BCUT2D eigenvalue weighted by Gasteiger charge is -2.05. The van der Waals surface area contributed by atoms with Gasteiger partial charge in [0.2, 0.25) is 0 Å². The maximum Gasteiger partial charge on any atom is 0.350 e. The number of carbonyl (C=O) groups is 2. The molecule has 1 aliphatic rings. The molecule has 6 nitrogen and oxygen atoms in total. The van der Waals surface area contributed by atoms with E-state index in [1.807, 2.05) is 0 Å². The molecule has 0 saturated heterocycles. The Bertz CT molecular complexity index is 500. The minimum atomic E-state index is -0.859. The molecule has 1 heterocycles.